The normalized spacial score (nSPS) is 13.9. The second kappa shape index (κ2) is 10.5. The van der Waals surface area contributed by atoms with Gasteiger partial charge in [-0.05, 0) is 73.5 Å². The molecule has 0 saturated carbocycles. The lowest BCUT2D eigenvalue weighted by Gasteiger charge is -2.15. The van der Waals surface area contributed by atoms with Gasteiger partial charge in [0, 0.05) is 18.8 Å². The molecular formula is C25H24N2O6S. The molecule has 1 aliphatic rings. The topological polar surface area (TPSA) is 102 Å². The average molecular weight is 481 g/mol. The molecule has 1 N–H and O–H groups in total. The Morgan fingerprint density at radius 1 is 0.824 bits per heavy atom. The highest BCUT2D eigenvalue weighted by Crippen LogP contribution is 2.23. The summed E-state index contributed by atoms with van der Waals surface area (Å²) in [6, 6.07) is 21.6. The quantitative estimate of drug-likeness (QED) is 0.488. The Bertz CT molecular complexity index is 1240. The lowest BCUT2D eigenvalue weighted by Crippen LogP contribution is -2.27. The molecule has 176 valence electrons. The van der Waals surface area contributed by atoms with Crippen molar-refractivity contribution in [3.8, 4) is 11.5 Å². The fourth-order valence-electron chi connectivity index (χ4n) is 3.48. The summed E-state index contributed by atoms with van der Waals surface area (Å²) in [5.74, 6) is 0.101. The Balaban J connectivity index is 1.27. The van der Waals surface area contributed by atoms with E-state index in [1.807, 2.05) is 30.3 Å². The molecule has 1 aliphatic heterocycles. The van der Waals surface area contributed by atoms with Crippen molar-refractivity contribution in [2.75, 3.05) is 25.0 Å². The number of nitrogens with zero attached hydrogens (tertiary/aromatic N) is 1. The van der Waals surface area contributed by atoms with E-state index in [-0.39, 0.29) is 10.5 Å². The van der Waals surface area contributed by atoms with Crippen LogP contribution < -0.4 is 10.1 Å². The molecule has 0 aliphatic carbocycles. The number of amides is 1. The summed E-state index contributed by atoms with van der Waals surface area (Å²) >= 11 is 0. The number of anilines is 1. The van der Waals surface area contributed by atoms with Crippen LogP contribution in [0.5, 0.6) is 11.5 Å². The Labute approximate surface area is 198 Å². The SMILES string of the molecule is O=C(COC(=O)c1ccc(S(=O)(=O)N2CCCC2)cc1)Nc1ccc(Oc2ccccc2)cc1. The Hall–Kier alpha value is -3.69. The second-order valence-corrected chi connectivity index (χ2v) is 9.64. The number of rotatable bonds is 8. The van der Waals surface area contributed by atoms with Gasteiger partial charge in [0.1, 0.15) is 11.5 Å². The number of carbonyl (C=O) groups excluding carboxylic acids is 2. The predicted molar refractivity (Wildman–Crippen MR) is 126 cm³/mol. The van der Waals surface area contributed by atoms with Crippen LogP contribution in [0.2, 0.25) is 0 Å². The number of carbonyl (C=O) groups is 2. The predicted octanol–water partition coefficient (Wildman–Crippen LogP) is 4.06. The van der Waals surface area contributed by atoms with E-state index in [1.54, 1.807) is 24.3 Å². The first-order valence-electron chi connectivity index (χ1n) is 10.8. The summed E-state index contributed by atoms with van der Waals surface area (Å²) in [5, 5.41) is 2.64. The number of hydrogen-bond acceptors (Lipinski definition) is 6. The molecule has 0 bridgehead atoms. The van der Waals surface area contributed by atoms with Gasteiger partial charge in [0.05, 0.1) is 10.5 Å². The minimum atomic E-state index is -3.55. The van der Waals surface area contributed by atoms with Crippen molar-refractivity contribution in [2.24, 2.45) is 0 Å². The summed E-state index contributed by atoms with van der Waals surface area (Å²) in [6.07, 6.45) is 1.69. The van der Waals surface area contributed by atoms with Crippen LogP contribution in [0.15, 0.2) is 83.8 Å². The van der Waals surface area contributed by atoms with Crippen molar-refractivity contribution >= 4 is 27.6 Å². The third kappa shape index (κ3) is 5.81. The maximum absolute atomic E-state index is 12.6. The zero-order valence-electron chi connectivity index (χ0n) is 18.3. The summed E-state index contributed by atoms with van der Waals surface area (Å²) in [4.78, 5) is 24.5. The molecule has 4 rings (SSSR count). The lowest BCUT2D eigenvalue weighted by atomic mass is 10.2. The molecule has 0 atom stereocenters. The molecule has 3 aromatic carbocycles. The smallest absolute Gasteiger partial charge is 0.338 e. The standard InChI is InChI=1S/C25H24N2O6S/c28-24(26-20-10-12-22(13-11-20)33-21-6-2-1-3-7-21)18-32-25(29)19-8-14-23(15-9-19)34(30,31)27-16-4-5-17-27/h1-3,6-15H,4-5,16-18H2,(H,26,28). The van der Waals surface area contributed by atoms with E-state index in [1.165, 1.54) is 28.6 Å². The first-order chi connectivity index (χ1) is 16.4. The molecule has 0 radical (unpaired) electrons. The first kappa shape index (κ1) is 23.5. The molecule has 3 aromatic rings. The Morgan fingerprint density at radius 3 is 2.09 bits per heavy atom. The summed E-state index contributed by atoms with van der Waals surface area (Å²) in [7, 11) is -3.55. The lowest BCUT2D eigenvalue weighted by molar-refractivity contribution is -0.119. The third-order valence-electron chi connectivity index (χ3n) is 5.24. The first-order valence-corrected chi connectivity index (χ1v) is 12.3. The highest BCUT2D eigenvalue weighted by Gasteiger charge is 2.27. The molecule has 1 fully saturated rings. The van der Waals surface area contributed by atoms with Crippen LogP contribution in [0.1, 0.15) is 23.2 Å². The summed E-state index contributed by atoms with van der Waals surface area (Å²) in [5.41, 5.74) is 0.688. The van der Waals surface area contributed by atoms with Gasteiger partial charge < -0.3 is 14.8 Å². The van der Waals surface area contributed by atoms with E-state index in [0.29, 0.717) is 30.3 Å². The molecule has 9 heteroatoms. The molecule has 34 heavy (non-hydrogen) atoms. The van der Waals surface area contributed by atoms with Gasteiger partial charge in [-0.3, -0.25) is 4.79 Å². The summed E-state index contributed by atoms with van der Waals surface area (Å²) < 4.78 is 37.3. The molecule has 0 aromatic heterocycles. The van der Waals surface area contributed by atoms with E-state index < -0.39 is 28.5 Å². The van der Waals surface area contributed by atoms with Crippen LogP contribution in [0.4, 0.5) is 5.69 Å². The average Bonchev–Trinajstić information content (AvgIpc) is 3.41. The van der Waals surface area contributed by atoms with Crippen molar-refractivity contribution in [1.29, 1.82) is 0 Å². The third-order valence-corrected chi connectivity index (χ3v) is 7.16. The van der Waals surface area contributed by atoms with Crippen molar-refractivity contribution < 1.29 is 27.5 Å². The number of benzene rings is 3. The zero-order chi connectivity index (χ0) is 24.0. The van der Waals surface area contributed by atoms with Gasteiger partial charge in [-0.15, -0.1) is 0 Å². The van der Waals surface area contributed by atoms with Crippen molar-refractivity contribution in [1.82, 2.24) is 4.31 Å². The second-order valence-electron chi connectivity index (χ2n) is 7.70. The fraction of sp³-hybridized carbons (Fsp3) is 0.200. The van der Waals surface area contributed by atoms with Crippen molar-refractivity contribution in [3.63, 3.8) is 0 Å². The van der Waals surface area contributed by atoms with Crippen LogP contribution in [-0.2, 0) is 19.6 Å². The number of ether oxygens (including phenoxy) is 2. The highest BCUT2D eigenvalue weighted by atomic mass is 32.2. The van der Waals surface area contributed by atoms with Crippen molar-refractivity contribution in [2.45, 2.75) is 17.7 Å². The molecule has 1 amide bonds. The van der Waals surface area contributed by atoms with Gasteiger partial charge in [-0.1, -0.05) is 18.2 Å². The van der Waals surface area contributed by atoms with E-state index in [0.717, 1.165) is 12.8 Å². The largest absolute Gasteiger partial charge is 0.457 e. The van der Waals surface area contributed by atoms with Crippen LogP contribution in [0.25, 0.3) is 0 Å². The van der Waals surface area contributed by atoms with Gasteiger partial charge in [-0.25, -0.2) is 13.2 Å². The summed E-state index contributed by atoms with van der Waals surface area (Å²) in [6.45, 7) is 0.531. The number of nitrogens with one attached hydrogen (secondary N) is 1. The molecule has 8 nitrogen and oxygen atoms in total. The Morgan fingerprint density at radius 2 is 1.44 bits per heavy atom. The number of sulfonamides is 1. The number of esters is 1. The molecule has 0 unspecified atom stereocenters. The van der Waals surface area contributed by atoms with Crippen LogP contribution in [-0.4, -0.2) is 44.3 Å². The zero-order valence-corrected chi connectivity index (χ0v) is 19.2. The molecule has 0 spiro atoms. The van der Waals surface area contributed by atoms with E-state index in [4.69, 9.17) is 9.47 Å². The monoisotopic (exact) mass is 480 g/mol. The van der Waals surface area contributed by atoms with Gasteiger partial charge in [0.25, 0.3) is 5.91 Å². The van der Waals surface area contributed by atoms with E-state index in [9.17, 15) is 18.0 Å². The van der Waals surface area contributed by atoms with Crippen LogP contribution in [0.3, 0.4) is 0 Å². The molecule has 1 saturated heterocycles. The highest BCUT2D eigenvalue weighted by molar-refractivity contribution is 7.89. The van der Waals surface area contributed by atoms with Gasteiger partial charge in [-0.2, -0.15) is 4.31 Å². The van der Waals surface area contributed by atoms with Gasteiger partial charge >= 0.3 is 5.97 Å². The maximum atomic E-state index is 12.6. The minimum absolute atomic E-state index is 0.128. The minimum Gasteiger partial charge on any atom is -0.457 e. The fourth-order valence-corrected chi connectivity index (χ4v) is 5.00. The van der Waals surface area contributed by atoms with Gasteiger partial charge in [0.15, 0.2) is 6.61 Å². The van der Waals surface area contributed by atoms with E-state index in [2.05, 4.69) is 5.32 Å². The molecule has 1 heterocycles. The Kier molecular flexibility index (Phi) is 7.24. The van der Waals surface area contributed by atoms with Crippen molar-refractivity contribution in [3.05, 3.63) is 84.4 Å². The maximum Gasteiger partial charge on any atom is 0.338 e. The van der Waals surface area contributed by atoms with Crippen LogP contribution >= 0.6 is 0 Å². The number of para-hydroxylation sites is 1. The molecular weight excluding hydrogens is 456 g/mol. The van der Waals surface area contributed by atoms with Crippen LogP contribution in [0, 0.1) is 0 Å². The van der Waals surface area contributed by atoms with E-state index >= 15 is 0 Å². The van der Waals surface area contributed by atoms with Gasteiger partial charge in [0.2, 0.25) is 10.0 Å². The number of hydrogen-bond donors (Lipinski definition) is 1.